The number of hydrogen-bond donors (Lipinski definition) is 1. The molecule has 1 aliphatic rings. The van der Waals surface area contributed by atoms with Crippen LogP contribution in [-0.2, 0) is 0 Å². The van der Waals surface area contributed by atoms with E-state index in [4.69, 9.17) is 0 Å². The molecule has 1 saturated heterocycles. The summed E-state index contributed by atoms with van der Waals surface area (Å²) in [5.41, 5.74) is 5.14. The van der Waals surface area contributed by atoms with Crippen LogP contribution >= 0.6 is 11.8 Å². The predicted octanol–water partition coefficient (Wildman–Crippen LogP) is 4.24. The third-order valence-corrected chi connectivity index (χ3v) is 5.27. The van der Waals surface area contributed by atoms with Gasteiger partial charge in [-0.25, -0.2) is 0 Å². The Balaban J connectivity index is 1.88. The molecular formula is C19H22N2OS. The van der Waals surface area contributed by atoms with Crippen LogP contribution in [0.4, 0.5) is 11.4 Å². The van der Waals surface area contributed by atoms with Gasteiger partial charge in [0.25, 0.3) is 5.91 Å². The van der Waals surface area contributed by atoms with Crippen LogP contribution in [-0.4, -0.2) is 35.4 Å². The molecule has 120 valence electrons. The molecule has 3 nitrogen and oxygen atoms in total. The first kappa shape index (κ1) is 15.9. The van der Waals surface area contributed by atoms with Crippen molar-refractivity contribution in [1.29, 1.82) is 0 Å². The number of nitrogens with one attached hydrogen (secondary N) is 1. The summed E-state index contributed by atoms with van der Waals surface area (Å²) in [5.74, 6) is 2.18. The Hall–Kier alpha value is -1.94. The van der Waals surface area contributed by atoms with Gasteiger partial charge in [-0.3, -0.25) is 4.79 Å². The molecule has 1 heterocycles. The summed E-state index contributed by atoms with van der Waals surface area (Å²) in [6, 6.07) is 14.0. The highest BCUT2D eigenvalue weighted by atomic mass is 32.2. The number of rotatable bonds is 3. The molecule has 0 bridgehead atoms. The maximum absolute atomic E-state index is 12.8. The van der Waals surface area contributed by atoms with Gasteiger partial charge in [0.15, 0.2) is 0 Å². The van der Waals surface area contributed by atoms with Crippen LogP contribution in [0.2, 0.25) is 0 Å². The van der Waals surface area contributed by atoms with Crippen LogP contribution < -0.4 is 5.32 Å². The number of benzene rings is 2. The largest absolute Gasteiger partial charge is 0.355 e. The van der Waals surface area contributed by atoms with Crippen molar-refractivity contribution in [3.63, 3.8) is 0 Å². The van der Waals surface area contributed by atoms with Crippen LogP contribution in [0.15, 0.2) is 42.5 Å². The van der Waals surface area contributed by atoms with E-state index in [1.807, 2.05) is 47.0 Å². The first-order valence-electron chi connectivity index (χ1n) is 7.96. The van der Waals surface area contributed by atoms with Crippen molar-refractivity contribution in [3.05, 3.63) is 59.2 Å². The molecule has 0 radical (unpaired) electrons. The molecule has 0 saturated carbocycles. The number of hydrogen-bond acceptors (Lipinski definition) is 3. The molecule has 0 atom stereocenters. The average Bonchev–Trinajstić information content (AvgIpc) is 2.60. The van der Waals surface area contributed by atoms with Crippen molar-refractivity contribution in [1.82, 2.24) is 4.90 Å². The number of carbonyl (C=O) groups excluding carboxylic acids is 1. The summed E-state index contributed by atoms with van der Waals surface area (Å²) < 4.78 is 0. The normalized spacial score (nSPS) is 14.6. The molecule has 0 unspecified atom stereocenters. The Bertz CT molecular complexity index is 708. The molecule has 23 heavy (non-hydrogen) atoms. The maximum Gasteiger partial charge on any atom is 0.256 e. The van der Waals surface area contributed by atoms with E-state index < -0.39 is 0 Å². The lowest BCUT2D eigenvalue weighted by Crippen LogP contribution is -2.38. The highest BCUT2D eigenvalue weighted by molar-refractivity contribution is 7.99. The minimum Gasteiger partial charge on any atom is -0.355 e. The quantitative estimate of drug-likeness (QED) is 0.916. The number of aryl methyl sites for hydroxylation is 1. The standard InChI is InChI=1S/C19H22N2OS/c1-14-6-5-9-17(15(14)2)20-18-8-4-3-7-16(18)19(22)21-10-12-23-13-11-21/h3-9,20H,10-13H2,1-2H3. The molecular weight excluding hydrogens is 304 g/mol. The van der Waals surface area contributed by atoms with E-state index in [-0.39, 0.29) is 5.91 Å². The monoisotopic (exact) mass is 326 g/mol. The Morgan fingerprint density at radius 3 is 2.48 bits per heavy atom. The van der Waals surface area contributed by atoms with Gasteiger partial charge in [0, 0.05) is 30.3 Å². The molecule has 2 aromatic carbocycles. The van der Waals surface area contributed by atoms with Crippen LogP contribution in [0.25, 0.3) is 0 Å². The number of carbonyl (C=O) groups is 1. The molecule has 3 rings (SSSR count). The minimum absolute atomic E-state index is 0.124. The third kappa shape index (κ3) is 3.53. The van der Waals surface area contributed by atoms with E-state index >= 15 is 0 Å². The summed E-state index contributed by atoms with van der Waals surface area (Å²) in [6.07, 6.45) is 0. The SMILES string of the molecule is Cc1cccc(Nc2ccccc2C(=O)N2CCSCC2)c1C. The molecule has 1 aliphatic heterocycles. The van der Waals surface area contributed by atoms with Gasteiger partial charge in [-0.15, -0.1) is 0 Å². The first-order valence-corrected chi connectivity index (χ1v) is 9.11. The molecule has 0 aromatic heterocycles. The van der Waals surface area contributed by atoms with Gasteiger partial charge in [-0.2, -0.15) is 11.8 Å². The van der Waals surface area contributed by atoms with E-state index in [0.29, 0.717) is 0 Å². The van der Waals surface area contributed by atoms with Gasteiger partial charge in [-0.1, -0.05) is 24.3 Å². The van der Waals surface area contributed by atoms with Gasteiger partial charge in [0.2, 0.25) is 0 Å². The number of amides is 1. The van der Waals surface area contributed by atoms with E-state index in [1.54, 1.807) is 0 Å². The number of nitrogens with zero attached hydrogens (tertiary/aromatic N) is 1. The zero-order chi connectivity index (χ0) is 16.2. The van der Waals surface area contributed by atoms with Crippen molar-refractivity contribution < 1.29 is 4.79 Å². The molecule has 1 N–H and O–H groups in total. The third-order valence-electron chi connectivity index (χ3n) is 4.33. The lowest BCUT2D eigenvalue weighted by molar-refractivity contribution is 0.0773. The van der Waals surface area contributed by atoms with Crippen LogP contribution in [0.3, 0.4) is 0 Å². The second-order valence-electron chi connectivity index (χ2n) is 5.82. The van der Waals surface area contributed by atoms with Gasteiger partial charge < -0.3 is 10.2 Å². The van der Waals surface area contributed by atoms with Crippen LogP contribution in [0.1, 0.15) is 21.5 Å². The maximum atomic E-state index is 12.8. The van der Waals surface area contributed by atoms with Gasteiger partial charge in [0.05, 0.1) is 11.3 Å². The smallest absolute Gasteiger partial charge is 0.256 e. The second kappa shape index (κ2) is 7.09. The minimum atomic E-state index is 0.124. The molecule has 1 amide bonds. The molecule has 0 spiro atoms. The van der Waals surface area contributed by atoms with E-state index in [2.05, 4.69) is 31.3 Å². The van der Waals surface area contributed by atoms with Gasteiger partial charge in [-0.05, 0) is 43.2 Å². The summed E-state index contributed by atoms with van der Waals surface area (Å²) in [6.45, 7) is 5.87. The Kier molecular flexibility index (Phi) is 4.91. The van der Waals surface area contributed by atoms with E-state index in [9.17, 15) is 4.79 Å². The van der Waals surface area contributed by atoms with E-state index in [1.165, 1.54) is 11.1 Å². The van der Waals surface area contributed by atoms with Crippen LogP contribution in [0.5, 0.6) is 0 Å². The fourth-order valence-corrected chi connectivity index (χ4v) is 3.65. The molecule has 2 aromatic rings. The van der Waals surface area contributed by atoms with Gasteiger partial charge in [0.1, 0.15) is 0 Å². The highest BCUT2D eigenvalue weighted by Crippen LogP contribution is 2.26. The number of thioether (sulfide) groups is 1. The van der Waals surface area contributed by atoms with Crippen molar-refractivity contribution in [2.75, 3.05) is 29.9 Å². The van der Waals surface area contributed by atoms with Gasteiger partial charge >= 0.3 is 0 Å². The predicted molar refractivity (Wildman–Crippen MR) is 98.9 cm³/mol. The van der Waals surface area contributed by atoms with E-state index in [0.717, 1.165) is 41.5 Å². The van der Waals surface area contributed by atoms with Crippen molar-refractivity contribution in [2.24, 2.45) is 0 Å². The zero-order valence-corrected chi connectivity index (χ0v) is 14.5. The number of anilines is 2. The summed E-state index contributed by atoms with van der Waals surface area (Å²) in [4.78, 5) is 14.8. The summed E-state index contributed by atoms with van der Waals surface area (Å²) in [7, 11) is 0. The van der Waals surface area contributed by atoms with Crippen molar-refractivity contribution in [2.45, 2.75) is 13.8 Å². The number of para-hydroxylation sites is 1. The molecule has 1 fully saturated rings. The average molecular weight is 326 g/mol. The lowest BCUT2D eigenvalue weighted by Gasteiger charge is -2.27. The Labute approximate surface area is 142 Å². The second-order valence-corrected chi connectivity index (χ2v) is 7.05. The van der Waals surface area contributed by atoms with Crippen molar-refractivity contribution >= 4 is 29.0 Å². The first-order chi connectivity index (χ1) is 11.2. The fraction of sp³-hybridized carbons (Fsp3) is 0.316. The molecule has 0 aliphatic carbocycles. The summed E-state index contributed by atoms with van der Waals surface area (Å²) >= 11 is 1.91. The van der Waals surface area contributed by atoms with Crippen LogP contribution in [0, 0.1) is 13.8 Å². The topological polar surface area (TPSA) is 32.3 Å². The Morgan fingerprint density at radius 1 is 1.00 bits per heavy atom. The zero-order valence-electron chi connectivity index (χ0n) is 13.6. The lowest BCUT2D eigenvalue weighted by atomic mass is 10.1. The summed E-state index contributed by atoms with van der Waals surface area (Å²) in [5, 5.41) is 3.45. The fourth-order valence-electron chi connectivity index (χ4n) is 2.75. The molecule has 4 heteroatoms. The highest BCUT2D eigenvalue weighted by Gasteiger charge is 2.20. The Morgan fingerprint density at radius 2 is 1.70 bits per heavy atom. The van der Waals surface area contributed by atoms with Crippen molar-refractivity contribution in [3.8, 4) is 0 Å².